The van der Waals surface area contributed by atoms with Crippen LogP contribution in [-0.4, -0.2) is 32.4 Å². The lowest BCUT2D eigenvalue weighted by Crippen LogP contribution is -2.60. The number of rotatable bonds is 0. The van der Waals surface area contributed by atoms with Gasteiger partial charge in [-0.05, 0) is 20.8 Å². The molecule has 0 aromatic carbocycles. The van der Waals surface area contributed by atoms with Gasteiger partial charge >= 0.3 is 0 Å². The van der Waals surface area contributed by atoms with Crippen LogP contribution in [0.25, 0.3) is 0 Å². The third kappa shape index (κ3) is 1.50. The standard InChI is InChI=1S/C8H15NO3/c1-7(2)4-6(10)5-8(3,11)9(7)12/h11-12H,4-5H2,1-3H3. The summed E-state index contributed by atoms with van der Waals surface area (Å²) in [7, 11) is 0. The maximum absolute atomic E-state index is 11.1. The van der Waals surface area contributed by atoms with Crippen LogP contribution in [0, 0.1) is 0 Å². The van der Waals surface area contributed by atoms with Gasteiger partial charge in [0.05, 0.1) is 12.0 Å². The number of hydrogen-bond donors (Lipinski definition) is 2. The molecular weight excluding hydrogens is 158 g/mol. The molecule has 70 valence electrons. The van der Waals surface area contributed by atoms with Crippen LogP contribution in [0.2, 0.25) is 0 Å². The van der Waals surface area contributed by atoms with Gasteiger partial charge in [0, 0.05) is 6.42 Å². The van der Waals surface area contributed by atoms with E-state index in [1.807, 2.05) is 0 Å². The number of hydrogen-bond acceptors (Lipinski definition) is 4. The predicted molar refractivity (Wildman–Crippen MR) is 42.6 cm³/mol. The first kappa shape index (κ1) is 9.64. The van der Waals surface area contributed by atoms with E-state index in [-0.39, 0.29) is 18.6 Å². The van der Waals surface area contributed by atoms with Crippen LogP contribution < -0.4 is 0 Å². The topological polar surface area (TPSA) is 60.8 Å². The molecule has 0 bridgehead atoms. The third-order valence-electron chi connectivity index (χ3n) is 2.19. The number of hydroxylamine groups is 2. The summed E-state index contributed by atoms with van der Waals surface area (Å²) in [5, 5.41) is 20.0. The van der Waals surface area contributed by atoms with Crippen molar-refractivity contribution < 1.29 is 15.1 Å². The maximum atomic E-state index is 11.1. The molecule has 0 spiro atoms. The second kappa shape index (κ2) is 2.52. The Morgan fingerprint density at radius 1 is 1.33 bits per heavy atom. The summed E-state index contributed by atoms with van der Waals surface area (Å²) in [6.45, 7) is 4.88. The Balaban J connectivity index is 2.91. The predicted octanol–water partition coefficient (Wildman–Crippen LogP) is 0.528. The van der Waals surface area contributed by atoms with E-state index in [1.54, 1.807) is 13.8 Å². The minimum Gasteiger partial charge on any atom is -0.373 e. The van der Waals surface area contributed by atoms with Gasteiger partial charge in [-0.3, -0.25) is 4.79 Å². The molecule has 0 aliphatic carbocycles. The molecule has 1 saturated heterocycles. The number of carbonyl (C=O) groups is 1. The van der Waals surface area contributed by atoms with Crippen LogP contribution in [-0.2, 0) is 4.79 Å². The highest BCUT2D eigenvalue weighted by Gasteiger charge is 2.46. The molecule has 1 aliphatic heterocycles. The van der Waals surface area contributed by atoms with Crippen molar-refractivity contribution in [2.45, 2.75) is 44.9 Å². The summed E-state index contributed by atoms with van der Waals surface area (Å²) >= 11 is 0. The number of piperidine rings is 1. The van der Waals surface area contributed by atoms with Crippen molar-refractivity contribution in [1.82, 2.24) is 5.06 Å². The fourth-order valence-electron chi connectivity index (χ4n) is 1.72. The molecule has 1 atom stereocenters. The fraction of sp³-hybridized carbons (Fsp3) is 0.875. The second-order valence-electron chi connectivity index (χ2n) is 4.23. The van der Waals surface area contributed by atoms with Crippen molar-refractivity contribution in [3.05, 3.63) is 0 Å². The lowest BCUT2D eigenvalue weighted by atomic mass is 9.86. The van der Waals surface area contributed by atoms with Gasteiger partial charge in [-0.25, -0.2) is 0 Å². The summed E-state index contributed by atoms with van der Waals surface area (Å²) in [6.07, 6.45) is 0.270. The first-order valence-electron chi connectivity index (χ1n) is 3.99. The molecule has 0 aromatic heterocycles. The SMILES string of the molecule is CC1(C)CC(=O)CC(C)(O)N1O. The zero-order chi connectivity index (χ0) is 9.57. The van der Waals surface area contributed by atoms with Crippen LogP contribution >= 0.6 is 0 Å². The molecule has 0 radical (unpaired) electrons. The van der Waals surface area contributed by atoms with E-state index in [9.17, 15) is 15.1 Å². The lowest BCUT2D eigenvalue weighted by Gasteiger charge is -2.46. The lowest BCUT2D eigenvalue weighted by molar-refractivity contribution is -0.307. The number of carbonyl (C=O) groups excluding carboxylic acids is 1. The zero-order valence-electron chi connectivity index (χ0n) is 7.66. The molecule has 4 nitrogen and oxygen atoms in total. The van der Waals surface area contributed by atoms with E-state index in [0.29, 0.717) is 0 Å². The molecule has 2 N–H and O–H groups in total. The van der Waals surface area contributed by atoms with Gasteiger partial charge < -0.3 is 10.3 Å². The van der Waals surface area contributed by atoms with Crippen LogP contribution in [0.4, 0.5) is 0 Å². The molecule has 1 fully saturated rings. The van der Waals surface area contributed by atoms with Gasteiger partial charge in [-0.15, -0.1) is 0 Å². The minimum atomic E-state index is -1.42. The third-order valence-corrected chi connectivity index (χ3v) is 2.19. The van der Waals surface area contributed by atoms with Crippen molar-refractivity contribution >= 4 is 5.78 Å². The van der Waals surface area contributed by atoms with E-state index >= 15 is 0 Å². The van der Waals surface area contributed by atoms with Crippen LogP contribution in [0.15, 0.2) is 0 Å². The van der Waals surface area contributed by atoms with E-state index in [4.69, 9.17) is 0 Å². The van der Waals surface area contributed by atoms with Crippen molar-refractivity contribution in [2.24, 2.45) is 0 Å². The molecule has 1 aliphatic rings. The van der Waals surface area contributed by atoms with Gasteiger partial charge in [0.2, 0.25) is 0 Å². The first-order valence-corrected chi connectivity index (χ1v) is 3.99. The summed E-state index contributed by atoms with van der Waals surface area (Å²) in [5.41, 5.74) is -2.09. The highest BCUT2D eigenvalue weighted by atomic mass is 16.5. The number of Topliss-reactive ketones (excluding diaryl/α,β-unsaturated/α-hetero) is 1. The molecule has 12 heavy (non-hydrogen) atoms. The smallest absolute Gasteiger partial charge is 0.145 e. The Bertz CT molecular complexity index is 190. The normalized spacial score (nSPS) is 36.9. The van der Waals surface area contributed by atoms with E-state index < -0.39 is 11.3 Å². The van der Waals surface area contributed by atoms with Crippen molar-refractivity contribution in [3.63, 3.8) is 0 Å². The Morgan fingerprint density at radius 2 is 1.83 bits per heavy atom. The van der Waals surface area contributed by atoms with Crippen molar-refractivity contribution in [2.75, 3.05) is 0 Å². The molecule has 0 saturated carbocycles. The van der Waals surface area contributed by atoms with Gasteiger partial charge in [-0.1, -0.05) is 0 Å². The van der Waals surface area contributed by atoms with Gasteiger partial charge in [-0.2, -0.15) is 5.06 Å². The molecule has 4 heteroatoms. The number of ketones is 1. The Kier molecular flexibility index (Phi) is 2.02. The summed E-state index contributed by atoms with van der Waals surface area (Å²) in [4.78, 5) is 11.1. The van der Waals surface area contributed by atoms with Crippen LogP contribution in [0.3, 0.4) is 0 Å². The summed E-state index contributed by atoms with van der Waals surface area (Å²) in [6, 6.07) is 0. The number of aliphatic hydroxyl groups is 1. The molecule has 1 heterocycles. The zero-order valence-corrected chi connectivity index (χ0v) is 7.66. The monoisotopic (exact) mass is 173 g/mol. The number of nitrogens with zero attached hydrogens (tertiary/aromatic N) is 1. The fourth-order valence-corrected chi connectivity index (χ4v) is 1.72. The summed E-state index contributed by atoms with van der Waals surface area (Å²) < 4.78 is 0. The van der Waals surface area contributed by atoms with Gasteiger partial charge in [0.1, 0.15) is 11.5 Å². The Morgan fingerprint density at radius 3 is 2.25 bits per heavy atom. The minimum absolute atomic E-state index is 0.00701. The Hall–Kier alpha value is -0.450. The highest BCUT2D eigenvalue weighted by molar-refractivity contribution is 5.81. The Labute approximate surface area is 71.8 Å². The van der Waals surface area contributed by atoms with Crippen molar-refractivity contribution in [3.8, 4) is 0 Å². The molecule has 0 amide bonds. The largest absolute Gasteiger partial charge is 0.373 e. The first-order chi connectivity index (χ1) is 5.26. The molecule has 1 unspecified atom stereocenters. The summed E-state index contributed by atoms with van der Waals surface area (Å²) in [5.74, 6) is -0.0182. The van der Waals surface area contributed by atoms with E-state index in [1.165, 1.54) is 6.92 Å². The average molecular weight is 173 g/mol. The molecule has 1 rings (SSSR count). The maximum Gasteiger partial charge on any atom is 0.145 e. The van der Waals surface area contributed by atoms with Gasteiger partial charge in [0.15, 0.2) is 0 Å². The average Bonchev–Trinajstić information content (AvgIpc) is 1.80. The van der Waals surface area contributed by atoms with Crippen molar-refractivity contribution in [1.29, 1.82) is 0 Å². The van der Waals surface area contributed by atoms with Gasteiger partial charge in [0.25, 0.3) is 0 Å². The van der Waals surface area contributed by atoms with Crippen LogP contribution in [0.1, 0.15) is 33.6 Å². The molecular formula is C8H15NO3. The molecule has 0 aromatic rings. The highest BCUT2D eigenvalue weighted by Crippen LogP contribution is 2.32. The van der Waals surface area contributed by atoms with E-state index in [0.717, 1.165) is 5.06 Å². The quantitative estimate of drug-likeness (QED) is 0.561. The van der Waals surface area contributed by atoms with Crippen LogP contribution in [0.5, 0.6) is 0 Å². The second-order valence-corrected chi connectivity index (χ2v) is 4.23. The van der Waals surface area contributed by atoms with E-state index in [2.05, 4.69) is 0 Å².